The molecule has 2 unspecified atom stereocenters. The summed E-state index contributed by atoms with van der Waals surface area (Å²) in [5.41, 5.74) is 3.38. The molecule has 1 aliphatic carbocycles. The van der Waals surface area contributed by atoms with E-state index in [4.69, 9.17) is 16.6 Å². The Morgan fingerprint density at radius 1 is 1.23 bits per heavy atom. The summed E-state index contributed by atoms with van der Waals surface area (Å²) in [4.78, 5) is 36.0. The summed E-state index contributed by atoms with van der Waals surface area (Å²) in [5, 5.41) is 4.21. The Morgan fingerprint density at radius 2 is 1.97 bits per heavy atom. The van der Waals surface area contributed by atoms with Gasteiger partial charge in [-0.05, 0) is 55.9 Å². The maximum absolute atomic E-state index is 13.2. The summed E-state index contributed by atoms with van der Waals surface area (Å²) in [6.07, 6.45) is 1.97. The molecular formula is C23H24ClN5O2. The van der Waals surface area contributed by atoms with Gasteiger partial charge in [-0.1, -0.05) is 17.7 Å². The van der Waals surface area contributed by atoms with E-state index in [0.717, 1.165) is 42.0 Å². The Bertz CT molecular complexity index is 1260. The van der Waals surface area contributed by atoms with Crippen LogP contribution < -0.4 is 15.8 Å². The van der Waals surface area contributed by atoms with Crippen LogP contribution in [0.2, 0.25) is 5.15 Å². The lowest BCUT2D eigenvalue weighted by atomic mass is 10.0. The van der Waals surface area contributed by atoms with Crippen LogP contribution in [0.5, 0.6) is 0 Å². The Labute approximate surface area is 185 Å². The van der Waals surface area contributed by atoms with Gasteiger partial charge in [-0.15, -0.1) is 0 Å². The molecule has 1 saturated carbocycles. The molecule has 31 heavy (non-hydrogen) atoms. The van der Waals surface area contributed by atoms with Crippen LogP contribution in [0.3, 0.4) is 0 Å². The second kappa shape index (κ2) is 7.34. The Kier molecular flexibility index (Phi) is 4.73. The zero-order valence-electron chi connectivity index (χ0n) is 17.7. The number of fused-ring (bicyclic) bond motifs is 2. The van der Waals surface area contributed by atoms with E-state index in [9.17, 15) is 9.59 Å². The van der Waals surface area contributed by atoms with Crippen molar-refractivity contribution in [2.75, 3.05) is 23.3 Å². The lowest BCUT2D eigenvalue weighted by Gasteiger charge is -2.24. The van der Waals surface area contributed by atoms with Crippen LogP contribution in [0.1, 0.15) is 41.0 Å². The summed E-state index contributed by atoms with van der Waals surface area (Å²) < 4.78 is 1.67. The average Bonchev–Trinajstić information content (AvgIpc) is 3.36. The third-order valence-electron chi connectivity index (χ3n) is 6.43. The van der Waals surface area contributed by atoms with Gasteiger partial charge in [-0.2, -0.15) is 0 Å². The maximum Gasteiger partial charge on any atom is 0.262 e. The molecule has 0 radical (unpaired) electrons. The van der Waals surface area contributed by atoms with Crippen molar-refractivity contribution in [1.29, 1.82) is 0 Å². The highest BCUT2D eigenvalue weighted by Crippen LogP contribution is 2.46. The van der Waals surface area contributed by atoms with Gasteiger partial charge in [0.05, 0.1) is 22.6 Å². The summed E-state index contributed by atoms with van der Waals surface area (Å²) in [5.74, 6) is 2.21. The number of hydrogen-bond acceptors (Lipinski definition) is 6. The topological polar surface area (TPSA) is 80.1 Å². The third-order valence-corrected chi connectivity index (χ3v) is 6.64. The maximum atomic E-state index is 13.2. The first-order valence-corrected chi connectivity index (χ1v) is 10.9. The number of carbonyl (C=O) groups excluding carboxylic acids is 1. The number of nitrogens with one attached hydrogen (secondary N) is 1. The van der Waals surface area contributed by atoms with Crippen LogP contribution in [0.25, 0.3) is 10.9 Å². The number of rotatable bonds is 5. The zero-order chi connectivity index (χ0) is 21.9. The molecule has 8 heteroatoms. The van der Waals surface area contributed by atoms with Crippen molar-refractivity contribution in [1.82, 2.24) is 14.5 Å². The molecule has 160 valence electrons. The fraction of sp³-hybridized carbons (Fsp3) is 0.391. The van der Waals surface area contributed by atoms with E-state index in [1.165, 1.54) is 6.42 Å². The molecule has 0 amide bonds. The highest BCUT2D eigenvalue weighted by Gasteiger charge is 2.46. The Morgan fingerprint density at radius 3 is 2.68 bits per heavy atom. The van der Waals surface area contributed by atoms with Crippen LogP contribution in [-0.4, -0.2) is 33.9 Å². The Balaban J connectivity index is 1.60. The normalized spacial score (nSPS) is 20.6. The van der Waals surface area contributed by atoms with Crippen LogP contribution in [0.4, 0.5) is 11.6 Å². The molecule has 1 saturated heterocycles. The van der Waals surface area contributed by atoms with Crippen molar-refractivity contribution in [2.24, 2.45) is 18.9 Å². The first kappa shape index (κ1) is 20.0. The fourth-order valence-corrected chi connectivity index (χ4v) is 4.84. The van der Waals surface area contributed by atoms with Crippen molar-refractivity contribution in [3.8, 4) is 0 Å². The monoisotopic (exact) mass is 437 g/mol. The van der Waals surface area contributed by atoms with E-state index in [-0.39, 0.29) is 22.4 Å². The quantitative estimate of drug-likeness (QED) is 0.484. The molecule has 5 rings (SSSR count). The van der Waals surface area contributed by atoms with Gasteiger partial charge in [0, 0.05) is 25.7 Å². The molecule has 2 fully saturated rings. The highest BCUT2D eigenvalue weighted by atomic mass is 35.5. The number of benzene rings is 1. The standard InChI is InChI=1S/C23H24ClN5O2/c1-12-6-16(13(2)25-18-4-5-20(24)26-19(18)11-30)21-17(7-12)22(31)28(3)23(27-21)29-9-14-8-15(14)10-29/h4-7,11,13-15,25H,8-10H2,1-3H3/t13-,14?,15?/m1/s1. The van der Waals surface area contributed by atoms with E-state index < -0.39 is 0 Å². The molecular weight excluding hydrogens is 414 g/mol. The van der Waals surface area contributed by atoms with Crippen molar-refractivity contribution in [3.05, 3.63) is 56.6 Å². The lowest BCUT2D eigenvalue weighted by Crippen LogP contribution is -2.31. The molecule has 0 spiro atoms. The van der Waals surface area contributed by atoms with Gasteiger partial charge in [0.15, 0.2) is 6.29 Å². The molecule has 2 aromatic heterocycles. The minimum absolute atomic E-state index is 0.0422. The van der Waals surface area contributed by atoms with Crippen molar-refractivity contribution in [2.45, 2.75) is 26.3 Å². The van der Waals surface area contributed by atoms with Gasteiger partial charge in [0.2, 0.25) is 5.95 Å². The molecule has 1 aromatic carbocycles. The average molecular weight is 438 g/mol. The second-order valence-electron chi connectivity index (χ2n) is 8.74. The first-order valence-electron chi connectivity index (χ1n) is 10.5. The SMILES string of the molecule is Cc1cc([C@@H](C)Nc2ccc(Cl)nc2C=O)c2nc(N3CC4CC4C3)n(C)c(=O)c2c1. The van der Waals surface area contributed by atoms with Crippen LogP contribution in [0.15, 0.2) is 29.1 Å². The number of nitrogens with zero attached hydrogens (tertiary/aromatic N) is 4. The number of aryl methyl sites for hydroxylation is 1. The van der Waals surface area contributed by atoms with Gasteiger partial charge in [-0.3, -0.25) is 14.2 Å². The number of anilines is 2. The largest absolute Gasteiger partial charge is 0.377 e. The molecule has 3 heterocycles. The number of piperidine rings is 1. The molecule has 2 aliphatic rings. The predicted octanol–water partition coefficient (Wildman–Crippen LogP) is 3.73. The third kappa shape index (κ3) is 3.47. The van der Waals surface area contributed by atoms with Gasteiger partial charge in [-0.25, -0.2) is 9.97 Å². The van der Waals surface area contributed by atoms with E-state index in [2.05, 4.69) is 15.2 Å². The van der Waals surface area contributed by atoms with Crippen LogP contribution in [-0.2, 0) is 7.05 Å². The molecule has 7 nitrogen and oxygen atoms in total. The van der Waals surface area contributed by atoms with Crippen LogP contribution in [0, 0.1) is 18.8 Å². The first-order chi connectivity index (χ1) is 14.9. The summed E-state index contributed by atoms with van der Waals surface area (Å²) >= 11 is 5.92. The molecule has 3 aromatic rings. The lowest BCUT2D eigenvalue weighted by molar-refractivity contribution is 0.112. The number of halogens is 1. The van der Waals surface area contributed by atoms with Crippen molar-refractivity contribution < 1.29 is 4.79 Å². The van der Waals surface area contributed by atoms with E-state index >= 15 is 0 Å². The number of pyridine rings is 1. The fourth-order valence-electron chi connectivity index (χ4n) is 4.69. The number of aromatic nitrogens is 3. The highest BCUT2D eigenvalue weighted by molar-refractivity contribution is 6.29. The van der Waals surface area contributed by atoms with E-state index in [1.54, 1.807) is 23.7 Å². The minimum Gasteiger partial charge on any atom is -0.377 e. The number of aldehydes is 1. The van der Waals surface area contributed by atoms with E-state index in [1.807, 2.05) is 26.0 Å². The molecule has 3 atom stereocenters. The van der Waals surface area contributed by atoms with Gasteiger partial charge in [0.25, 0.3) is 5.56 Å². The van der Waals surface area contributed by atoms with Gasteiger partial charge < -0.3 is 10.2 Å². The zero-order valence-corrected chi connectivity index (χ0v) is 18.5. The summed E-state index contributed by atoms with van der Waals surface area (Å²) in [6.45, 7) is 5.88. The van der Waals surface area contributed by atoms with Crippen molar-refractivity contribution >= 4 is 40.4 Å². The minimum atomic E-state index is -0.205. The summed E-state index contributed by atoms with van der Waals surface area (Å²) in [7, 11) is 1.80. The number of hydrogen-bond donors (Lipinski definition) is 1. The molecule has 1 aliphatic heterocycles. The predicted molar refractivity (Wildman–Crippen MR) is 122 cm³/mol. The second-order valence-corrected chi connectivity index (χ2v) is 9.13. The van der Waals surface area contributed by atoms with Gasteiger partial charge >= 0.3 is 0 Å². The van der Waals surface area contributed by atoms with Gasteiger partial charge in [0.1, 0.15) is 10.8 Å². The number of carbonyl (C=O) groups is 1. The molecule has 1 N–H and O–H groups in total. The van der Waals surface area contributed by atoms with Crippen LogP contribution >= 0.6 is 11.6 Å². The summed E-state index contributed by atoms with van der Waals surface area (Å²) in [6, 6.07) is 7.11. The smallest absolute Gasteiger partial charge is 0.262 e. The Hall–Kier alpha value is -2.93. The molecule has 0 bridgehead atoms. The van der Waals surface area contributed by atoms with Crippen molar-refractivity contribution in [3.63, 3.8) is 0 Å². The van der Waals surface area contributed by atoms with E-state index in [0.29, 0.717) is 22.9 Å².